The van der Waals surface area contributed by atoms with Crippen molar-refractivity contribution in [2.45, 2.75) is 49.9 Å². The SMILES string of the molecule is CC1(OC(=O)Oc2cc3ccc(OC(=O)C(F)(F)S(=O)(=O)O)cc3cc2I)CCCCC1. The Morgan fingerprint density at radius 3 is 2.34 bits per heavy atom. The number of alkyl halides is 2. The molecule has 3 rings (SSSR count). The highest BCUT2D eigenvalue weighted by Crippen LogP contribution is 2.34. The summed E-state index contributed by atoms with van der Waals surface area (Å²) in [5.74, 6) is -2.57. The molecule has 0 aromatic heterocycles. The molecule has 32 heavy (non-hydrogen) atoms. The number of carbonyl (C=O) groups is 2. The van der Waals surface area contributed by atoms with Gasteiger partial charge < -0.3 is 14.2 Å². The summed E-state index contributed by atoms with van der Waals surface area (Å²) in [5.41, 5.74) is -0.569. The van der Waals surface area contributed by atoms with Crippen LogP contribution in [0.4, 0.5) is 13.6 Å². The molecule has 2 aromatic rings. The highest BCUT2D eigenvalue weighted by Gasteiger charge is 2.54. The Labute approximate surface area is 196 Å². The summed E-state index contributed by atoms with van der Waals surface area (Å²) in [6.07, 6.45) is 3.73. The molecule has 12 heteroatoms. The number of hydrogen-bond donors (Lipinski definition) is 1. The average molecular weight is 584 g/mol. The minimum Gasteiger partial charge on any atom is -0.428 e. The van der Waals surface area contributed by atoms with Gasteiger partial charge in [0.05, 0.1) is 3.57 Å². The highest BCUT2D eigenvalue weighted by molar-refractivity contribution is 14.1. The van der Waals surface area contributed by atoms with Crippen LogP contribution in [0.25, 0.3) is 10.8 Å². The summed E-state index contributed by atoms with van der Waals surface area (Å²) in [7, 11) is -5.97. The van der Waals surface area contributed by atoms with Gasteiger partial charge in [0.25, 0.3) is 0 Å². The van der Waals surface area contributed by atoms with E-state index in [9.17, 15) is 26.8 Å². The molecule has 1 saturated carbocycles. The van der Waals surface area contributed by atoms with Crippen LogP contribution in [0.3, 0.4) is 0 Å². The van der Waals surface area contributed by atoms with Gasteiger partial charge in [-0.3, -0.25) is 4.55 Å². The maximum Gasteiger partial charge on any atom is 0.514 e. The third-order valence-electron chi connectivity index (χ3n) is 5.07. The van der Waals surface area contributed by atoms with Crippen molar-refractivity contribution in [1.82, 2.24) is 0 Å². The zero-order valence-corrected chi connectivity index (χ0v) is 19.7. The molecule has 1 fully saturated rings. The Morgan fingerprint density at radius 1 is 1.06 bits per heavy atom. The topological polar surface area (TPSA) is 116 Å². The molecule has 0 saturated heterocycles. The third kappa shape index (κ3) is 5.46. The molecule has 0 unspecified atom stereocenters. The molecule has 1 aliphatic carbocycles. The number of benzene rings is 2. The van der Waals surface area contributed by atoms with Crippen LogP contribution in [0, 0.1) is 3.57 Å². The molecule has 0 atom stereocenters. The summed E-state index contributed by atoms with van der Waals surface area (Å²) >= 11 is 1.90. The molecule has 0 bridgehead atoms. The van der Waals surface area contributed by atoms with Gasteiger partial charge in [0.15, 0.2) is 0 Å². The van der Waals surface area contributed by atoms with Crippen LogP contribution in [0.1, 0.15) is 39.0 Å². The quantitative estimate of drug-likeness (QED) is 0.170. The Balaban J connectivity index is 1.76. The van der Waals surface area contributed by atoms with Gasteiger partial charge >= 0.3 is 27.5 Å². The lowest BCUT2D eigenvalue weighted by Crippen LogP contribution is -2.40. The molecule has 174 valence electrons. The summed E-state index contributed by atoms with van der Waals surface area (Å²) in [5, 5.41) is -4.14. The number of hydrogen-bond acceptors (Lipinski definition) is 7. The van der Waals surface area contributed by atoms with E-state index in [1.54, 1.807) is 6.07 Å². The van der Waals surface area contributed by atoms with E-state index in [-0.39, 0.29) is 11.5 Å². The molecule has 0 spiro atoms. The second kappa shape index (κ2) is 9.06. The van der Waals surface area contributed by atoms with E-state index in [0.29, 0.717) is 14.3 Å². The number of ether oxygens (including phenoxy) is 3. The van der Waals surface area contributed by atoms with Gasteiger partial charge in [0.2, 0.25) is 0 Å². The number of halogens is 3. The Kier molecular flexibility index (Phi) is 6.96. The minimum atomic E-state index is -5.97. The van der Waals surface area contributed by atoms with Gasteiger partial charge in [0, 0.05) is 0 Å². The number of rotatable bonds is 5. The molecule has 1 N–H and O–H groups in total. The summed E-state index contributed by atoms with van der Waals surface area (Å²) in [6.45, 7) is 1.87. The normalized spacial score (nSPS) is 16.4. The number of esters is 1. The molecule has 0 amide bonds. The lowest BCUT2D eigenvalue weighted by molar-refractivity contribution is -0.151. The fraction of sp³-hybridized carbons (Fsp3) is 0.400. The van der Waals surface area contributed by atoms with E-state index >= 15 is 0 Å². The maximum absolute atomic E-state index is 13.4. The second-order valence-corrected chi connectivity index (χ2v) is 10.3. The van der Waals surface area contributed by atoms with Crippen molar-refractivity contribution >= 4 is 55.6 Å². The van der Waals surface area contributed by atoms with Crippen LogP contribution in [-0.2, 0) is 19.6 Å². The van der Waals surface area contributed by atoms with Crippen LogP contribution in [-0.4, -0.2) is 36.0 Å². The molecule has 0 radical (unpaired) electrons. The van der Waals surface area contributed by atoms with Gasteiger partial charge in [-0.25, -0.2) is 9.59 Å². The van der Waals surface area contributed by atoms with Crippen molar-refractivity contribution in [3.8, 4) is 11.5 Å². The molecular weight excluding hydrogens is 565 g/mol. The van der Waals surface area contributed by atoms with Crippen LogP contribution in [0.2, 0.25) is 0 Å². The predicted octanol–water partition coefficient (Wildman–Crippen LogP) is 5.07. The molecule has 0 heterocycles. The zero-order valence-electron chi connectivity index (χ0n) is 16.8. The minimum absolute atomic E-state index is 0.227. The summed E-state index contributed by atoms with van der Waals surface area (Å²) in [6, 6.07) is 6.86. The average Bonchev–Trinajstić information content (AvgIpc) is 2.68. The number of carbonyl (C=O) groups excluding carboxylic acids is 2. The van der Waals surface area contributed by atoms with Gasteiger partial charge in [-0.1, -0.05) is 12.5 Å². The van der Waals surface area contributed by atoms with Crippen molar-refractivity contribution in [2.24, 2.45) is 0 Å². The fourth-order valence-electron chi connectivity index (χ4n) is 3.35. The van der Waals surface area contributed by atoms with Crippen molar-refractivity contribution in [3.05, 3.63) is 33.9 Å². The third-order valence-corrected chi connectivity index (χ3v) is 6.73. The lowest BCUT2D eigenvalue weighted by atomic mass is 9.86. The van der Waals surface area contributed by atoms with E-state index in [2.05, 4.69) is 4.74 Å². The number of fused-ring (bicyclic) bond motifs is 1. The summed E-state index contributed by atoms with van der Waals surface area (Å²) in [4.78, 5) is 23.7. The Bertz CT molecular complexity index is 1160. The first-order chi connectivity index (χ1) is 14.8. The monoisotopic (exact) mass is 584 g/mol. The first kappa shape index (κ1) is 24.6. The maximum atomic E-state index is 13.4. The largest absolute Gasteiger partial charge is 0.514 e. The molecule has 1 aliphatic rings. The van der Waals surface area contributed by atoms with Crippen molar-refractivity contribution in [3.63, 3.8) is 0 Å². The van der Waals surface area contributed by atoms with E-state index in [4.69, 9.17) is 14.0 Å². The van der Waals surface area contributed by atoms with Crippen molar-refractivity contribution < 1.29 is 45.6 Å². The second-order valence-electron chi connectivity index (χ2n) is 7.64. The zero-order chi connectivity index (χ0) is 23.7. The smallest absolute Gasteiger partial charge is 0.428 e. The molecule has 8 nitrogen and oxygen atoms in total. The standard InChI is InChI=1S/C20H19F2IO8S/c1-19(7-3-2-4-8-19)31-18(25)30-16-11-12-5-6-14(9-13(12)10-15(16)23)29-17(24)20(21,22)32(26,27)28/h5-6,9-11H,2-4,7-8H2,1H3,(H,26,27,28). The van der Waals surface area contributed by atoms with Gasteiger partial charge in [-0.2, -0.15) is 17.2 Å². The van der Waals surface area contributed by atoms with E-state index in [1.807, 2.05) is 29.5 Å². The van der Waals surface area contributed by atoms with Crippen molar-refractivity contribution in [2.75, 3.05) is 0 Å². The molecule has 0 aliphatic heterocycles. The predicted molar refractivity (Wildman–Crippen MR) is 117 cm³/mol. The van der Waals surface area contributed by atoms with Crippen LogP contribution >= 0.6 is 22.6 Å². The summed E-state index contributed by atoms with van der Waals surface area (Å²) < 4.78 is 72.4. The lowest BCUT2D eigenvalue weighted by Gasteiger charge is -2.32. The highest BCUT2D eigenvalue weighted by atomic mass is 127. The van der Waals surface area contributed by atoms with Gasteiger partial charge in [-0.05, 0) is 90.2 Å². The molecule has 2 aromatic carbocycles. The first-order valence-electron chi connectivity index (χ1n) is 9.52. The Morgan fingerprint density at radius 2 is 1.72 bits per heavy atom. The fourth-order valence-corrected chi connectivity index (χ4v) is 4.21. The van der Waals surface area contributed by atoms with Crippen LogP contribution < -0.4 is 9.47 Å². The van der Waals surface area contributed by atoms with Crippen LogP contribution in [0.5, 0.6) is 11.5 Å². The van der Waals surface area contributed by atoms with Crippen molar-refractivity contribution in [1.29, 1.82) is 0 Å². The van der Waals surface area contributed by atoms with Gasteiger partial charge in [-0.15, -0.1) is 0 Å². The van der Waals surface area contributed by atoms with E-state index in [0.717, 1.165) is 38.2 Å². The molecular formula is C20H19F2IO8S. The van der Waals surface area contributed by atoms with E-state index in [1.165, 1.54) is 18.2 Å². The first-order valence-corrected chi connectivity index (χ1v) is 12.0. The van der Waals surface area contributed by atoms with Crippen LogP contribution in [0.15, 0.2) is 30.3 Å². The Hall–Kier alpha value is -2.06. The van der Waals surface area contributed by atoms with Gasteiger partial charge in [0.1, 0.15) is 17.1 Å². The van der Waals surface area contributed by atoms with E-state index < -0.39 is 33.1 Å².